The third kappa shape index (κ3) is 3.35. The van der Waals surface area contributed by atoms with Gasteiger partial charge in [-0.15, -0.1) is 11.3 Å². The van der Waals surface area contributed by atoms with Crippen LogP contribution < -0.4 is 4.74 Å². The molecule has 1 aliphatic heterocycles. The predicted molar refractivity (Wildman–Crippen MR) is 112 cm³/mol. The quantitative estimate of drug-likeness (QED) is 0.228. The minimum absolute atomic E-state index is 0.0149. The second kappa shape index (κ2) is 7.47. The highest BCUT2D eigenvalue weighted by atomic mass is 35.5. The standard InChI is InChI=1S/C19H10Cl2N2O5S/c1-27-13-7-6-10-14(20)17(29-16(10)15(13)21)18-22-11(19(24)28-18)8-9-4-2-3-5-12(9)23(25)26/h2-8H,1H3/b11-8-. The summed E-state index contributed by atoms with van der Waals surface area (Å²) in [5, 5.41) is 12.6. The van der Waals surface area contributed by atoms with E-state index in [0.717, 1.165) is 0 Å². The van der Waals surface area contributed by atoms with Gasteiger partial charge in [-0.1, -0.05) is 35.3 Å². The van der Waals surface area contributed by atoms with Gasteiger partial charge in [-0.2, -0.15) is 0 Å². The number of para-hydroxylation sites is 1. The number of nitrogens with zero attached hydrogens (tertiary/aromatic N) is 2. The summed E-state index contributed by atoms with van der Waals surface area (Å²) in [5.74, 6) is -0.220. The molecule has 0 saturated carbocycles. The molecule has 0 unspecified atom stereocenters. The minimum Gasteiger partial charge on any atom is -0.495 e. The molecule has 0 fully saturated rings. The van der Waals surface area contributed by atoms with Crippen molar-refractivity contribution in [3.05, 3.63) is 72.7 Å². The van der Waals surface area contributed by atoms with Crippen LogP contribution in [0.1, 0.15) is 10.4 Å². The third-order valence-electron chi connectivity index (χ3n) is 4.16. The van der Waals surface area contributed by atoms with Crippen LogP contribution in [0.25, 0.3) is 16.2 Å². The van der Waals surface area contributed by atoms with Crippen molar-refractivity contribution >= 4 is 68.3 Å². The Balaban J connectivity index is 1.80. The molecular formula is C19H10Cl2N2O5S. The molecule has 146 valence electrons. The van der Waals surface area contributed by atoms with Gasteiger partial charge in [-0.05, 0) is 24.3 Å². The van der Waals surface area contributed by atoms with Crippen LogP contribution in [0, 0.1) is 10.1 Å². The number of methoxy groups -OCH3 is 1. The summed E-state index contributed by atoms with van der Waals surface area (Å²) in [6.45, 7) is 0. The largest absolute Gasteiger partial charge is 0.495 e. The van der Waals surface area contributed by atoms with Crippen molar-refractivity contribution in [2.45, 2.75) is 0 Å². The molecule has 0 spiro atoms. The van der Waals surface area contributed by atoms with Crippen molar-refractivity contribution in [1.82, 2.24) is 0 Å². The fraction of sp³-hybridized carbons (Fsp3) is 0.0526. The van der Waals surface area contributed by atoms with Gasteiger partial charge in [0.05, 0.1) is 27.3 Å². The number of benzene rings is 2. The topological polar surface area (TPSA) is 91.0 Å². The molecule has 29 heavy (non-hydrogen) atoms. The maximum Gasteiger partial charge on any atom is 0.363 e. The van der Waals surface area contributed by atoms with E-state index in [1.165, 1.54) is 42.7 Å². The SMILES string of the molecule is COc1ccc2c(Cl)c(C3=N/C(=C\c4ccccc4[N+](=O)[O-])C(=O)O3)sc2c1Cl. The fourth-order valence-corrected chi connectivity index (χ4v) is 4.62. The number of cyclic esters (lactones) is 1. The van der Waals surface area contributed by atoms with Crippen LogP contribution in [0.4, 0.5) is 5.69 Å². The number of aliphatic imine (C=N–C) groups is 1. The number of rotatable bonds is 4. The molecule has 2 heterocycles. The number of nitro groups is 1. The van der Waals surface area contributed by atoms with E-state index in [1.807, 2.05) is 0 Å². The Labute approximate surface area is 177 Å². The first kappa shape index (κ1) is 19.4. The van der Waals surface area contributed by atoms with Crippen LogP contribution in [0.3, 0.4) is 0 Å². The van der Waals surface area contributed by atoms with E-state index in [0.29, 0.717) is 30.8 Å². The first-order valence-corrected chi connectivity index (χ1v) is 9.68. The summed E-state index contributed by atoms with van der Waals surface area (Å²) in [6.07, 6.45) is 1.31. The number of hydrogen-bond acceptors (Lipinski definition) is 7. The Morgan fingerprint density at radius 3 is 2.69 bits per heavy atom. The van der Waals surface area contributed by atoms with Crippen LogP contribution in [-0.2, 0) is 9.53 Å². The zero-order valence-corrected chi connectivity index (χ0v) is 17.0. The van der Waals surface area contributed by atoms with E-state index in [1.54, 1.807) is 18.2 Å². The second-order valence-corrected chi connectivity index (χ2v) is 7.63. The molecule has 0 aliphatic carbocycles. The van der Waals surface area contributed by atoms with Crippen LogP contribution >= 0.6 is 34.5 Å². The first-order valence-electron chi connectivity index (χ1n) is 8.11. The molecular weight excluding hydrogens is 439 g/mol. The normalized spacial score (nSPS) is 14.9. The summed E-state index contributed by atoms with van der Waals surface area (Å²) in [4.78, 5) is 27.5. The zero-order valence-electron chi connectivity index (χ0n) is 14.6. The number of thiophene rings is 1. The number of carbonyl (C=O) groups excluding carboxylic acids is 1. The van der Waals surface area contributed by atoms with E-state index >= 15 is 0 Å². The minimum atomic E-state index is -0.727. The van der Waals surface area contributed by atoms with E-state index in [9.17, 15) is 14.9 Å². The van der Waals surface area contributed by atoms with Crippen molar-refractivity contribution in [1.29, 1.82) is 0 Å². The Morgan fingerprint density at radius 1 is 1.21 bits per heavy atom. The van der Waals surface area contributed by atoms with Gasteiger partial charge in [-0.3, -0.25) is 10.1 Å². The molecule has 0 atom stereocenters. The lowest BCUT2D eigenvalue weighted by Crippen LogP contribution is -2.04. The Kier molecular flexibility index (Phi) is 4.99. The highest BCUT2D eigenvalue weighted by Gasteiger charge is 2.29. The van der Waals surface area contributed by atoms with Crippen molar-refractivity contribution in [3.63, 3.8) is 0 Å². The van der Waals surface area contributed by atoms with Gasteiger partial charge >= 0.3 is 5.97 Å². The van der Waals surface area contributed by atoms with E-state index in [-0.39, 0.29) is 22.8 Å². The predicted octanol–water partition coefficient (Wildman–Crippen LogP) is 5.47. The Bertz CT molecular complexity index is 1250. The van der Waals surface area contributed by atoms with Crippen molar-refractivity contribution in [3.8, 4) is 5.75 Å². The molecule has 1 aliphatic rings. The third-order valence-corrected chi connectivity index (χ3v) is 6.36. The summed E-state index contributed by atoms with van der Waals surface area (Å²) in [5.41, 5.74) is 0.0337. The van der Waals surface area contributed by atoms with Crippen LogP contribution in [0.2, 0.25) is 10.0 Å². The summed E-state index contributed by atoms with van der Waals surface area (Å²) in [6, 6.07) is 9.47. The lowest BCUT2D eigenvalue weighted by Gasteiger charge is -2.02. The number of fused-ring (bicyclic) bond motifs is 1. The van der Waals surface area contributed by atoms with Gasteiger partial charge in [0.15, 0.2) is 5.70 Å². The molecule has 0 N–H and O–H groups in total. The number of hydrogen-bond donors (Lipinski definition) is 0. The van der Waals surface area contributed by atoms with Gasteiger partial charge in [0.25, 0.3) is 5.69 Å². The van der Waals surface area contributed by atoms with Crippen LogP contribution in [-0.4, -0.2) is 23.9 Å². The first-order chi connectivity index (χ1) is 13.9. The summed E-state index contributed by atoms with van der Waals surface area (Å²) < 4.78 is 11.1. The van der Waals surface area contributed by atoms with Crippen LogP contribution in [0.15, 0.2) is 47.1 Å². The van der Waals surface area contributed by atoms with Gasteiger partial charge in [0.2, 0.25) is 5.90 Å². The molecule has 7 nitrogen and oxygen atoms in total. The molecule has 0 saturated heterocycles. The lowest BCUT2D eigenvalue weighted by molar-refractivity contribution is -0.385. The van der Waals surface area contributed by atoms with Gasteiger partial charge in [-0.25, -0.2) is 9.79 Å². The van der Waals surface area contributed by atoms with Crippen molar-refractivity contribution in [2.24, 2.45) is 4.99 Å². The number of esters is 1. The van der Waals surface area contributed by atoms with E-state index in [2.05, 4.69) is 4.99 Å². The lowest BCUT2D eigenvalue weighted by atomic mass is 10.1. The average Bonchev–Trinajstić information content (AvgIpc) is 3.23. The number of nitro benzene ring substituents is 1. The Morgan fingerprint density at radius 2 is 1.97 bits per heavy atom. The zero-order chi connectivity index (χ0) is 20.7. The fourth-order valence-electron chi connectivity index (χ4n) is 2.80. The van der Waals surface area contributed by atoms with Gasteiger partial charge in [0, 0.05) is 11.5 Å². The monoisotopic (exact) mass is 448 g/mol. The van der Waals surface area contributed by atoms with Crippen molar-refractivity contribution in [2.75, 3.05) is 7.11 Å². The number of ether oxygens (including phenoxy) is 2. The second-order valence-electron chi connectivity index (χ2n) is 5.86. The number of halogens is 2. The van der Waals surface area contributed by atoms with Crippen molar-refractivity contribution < 1.29 is 19.2 Å². The molecule has 10 heteroatoms. The molecule has 0 bridgehead atoms. The molecule has 4 rings (SSSR count). The summed E-state index contributed by atoms with van der Waals surface area (Å²) >= 11 is 14.0. The van der Waals surface area contributed by atoms with Gasteiger partial charge in [0.1, 0.15) is 15.6 Å². The smallest absolute Gasteiger partial charge is 0.363 e. The molecule has 3 aromatic rings. The van der Waals surface area contributed by atoms with Gasteiger partial charge < -0.3 is 9.47 Å². The van der Waals surface area contributed by atoms with E-state index < -0.39 is 10.9 Å². The molecule has 1 aromatic heterocycles. The molecule has 2 aromatic carbocycles. The molecule has 0 amide bonds. The summed E-state index contributed by atoms with van der Waals surface area (Å²) in [7, 11) is 1.51. The Hall–Kier alpha value is -2.94. The average molecular weight is 449 g/mol. The molecule has 0 radical (unpaired) electrons. The maximum atomic E-state index is 12.3. The van der Waals surface area contributed by atoms with E-state index in [4.69, 9.17) is 32.7 Å². The maximum absolute atomic E-state index is 12.3. The van der Waals surface area contributed by atoms with Crippen LogP contribution in [0.5, 0.6) is 5.75 Å². The highest BCUT2D eigenvalue weighted by Crippen LogP contribution is 2.44. The number of carbonyl (C=O) groups is 1. The highest BCUT2D eigenvalue weighted by molar-refractivity contribution is 7.22.